The number of fused-ring (bicyclic) bond motifs is 1. The van der Waals surface area contributed by atoms with Gasteiger partial charge in [-0.25, -0.2) is 4.79 Å². The van der Waals surface area contributed by atoms with Crippen molar-refractivity contribution in [2.24, 2.45) is 29.6 Å². The number of carbonyl (C=O) groups excluding carboxylic acids is 9. The summed E-state index contributed by atoms with van der Waals surface area (Å²) in [5.74, 6) is -8.53. The van der Waals surface area contributed by atoms with Crippen LogP contribution in [0.15, 0.2) is 30.3 Å². The number of likely N-dealkylation sites (N-methyl/N-ethyl adjacent to an activating group) is 4. The molecule has 8 amide bonds. The first-order valence-corrected chi connectivity index (χ1v) is 26.2. The highest BCUT2D eigenvalue weighted by molar-refractivity contribution is 5.99. The first kappa shape index (κ1) is 61.7. The molecule has 2 fully saturated rings. The molecule has 0 spiro atoms. The van der Waals surface area contributed by atoms with E-state index in [1.54, 1.807) is 79.7 Å². The molecule has 19 heteroatoms. The van der Waals surface area contributed by atoms with Gasteiger partial charge in [-0.05, 0) is 75.7 Å². The number of esters is 1. The van der Waals surface area contributed by atoms with Crippen molar-refractivity contribution < 1.29 is 53.0 Å². The van der Waals surface area contributed by atoms with E-state index >= 15 is 0 Å². The number of carbonyl (C=O) groups is 9. The Balaban J connectivity index is 2.30. The van der Waals surface area contributed by atoms with E-state index in [1.807, 2.05) is 26.8 Å². The number of benzene rings is 1. The van der Waals surface area contributed by atoms with Gasteiger partial charge >= 0.3 is 5.97 Å². The Morgan fingerprint density at radius 2 is 1.15 bits per heavy atom. The van der Waals surface area contributed by atoms with Crippen LogP contribution in [0.5, 0.6) is 0 Å². The summed E-state index contributed by atoms with van der Waals surface area (Å²) >= 11 is 0. The van der Waals surface area contributed by atoms with Crippen LogP contribution in [0.4, 0.5) is 0 Å². The Hall–Kier alpha value is -5.59. The zero-order valence-electron chi connectivity index (χ0n) is 46.7. The third-order valence-corrected chi connectivity index (χ3v) is 14.7. The third kappa shape index (κ3) is 15.3. The van der Waals surface area contributed by atoms with Gasteiger partial charge < -0.3 is 50.3 Å². The minimum Gasteiger partial charge on any atom is -0.450 e. The fraction of sp³-hybridized carbons (Fsp3) is 0.722. The molecular weight excluding hydrogens is 937 g/mol. The molecule has 2 heterocycles. The van der Waals surface area contributed by atoms with E-state index in [2.05, 4.69) is 16.0 Å². The Morgan fingerprint density at radius 3 is 1.64 bits per heavy atom. The van der Waals surface area contributed by atoms with Crippen molar-refractivity contribution in [2.45, 2.75) is 189 Å². The number of ether oxygens (including phenoxy) is 1. The maximum atomic E-state index is 14.7. The van der Waals surface area contributed by atoms with Gasteiger partial charge in [0.15, 0.2) is 12.1 Å². The van der Waals surface area contributed by atoms with Gasteiger partial charge in [-0.15, -0.1) is 0 Å². The zero-order valence-corrected chi connectivity index (χ0v) is 46.7. The summed E-state index contributed by atoms with van der Waals surface area (Å²) in [5.41, 5.74) is -1.26. The zero-order chi connectivity index (χ0) is 55.6. The van der Waals surface area contributed by atoms with Gasteiger partial charge in [0.2, 0.25) is 41.4 Å². The molecule has 410 valence electrons. The Kier molecular flexibility index (Phi) is 22.5. The standard InChI is InChI=1S/C54H88N8O11/c1-18-33(9)40-51(69)59(15)41(31(5)6)46(64)55-37(28-30(3)4)50(68)61(17)44(54(12,13)72)53(71)73-43(34(10)19-2)52(70)60(16)42(32(7)8)47(65)56-38(29-36-24-21-20-22-25-36)49(67)58(14)35(11)48(66)62-27-23-26-39(62)45(63)57-40/h20-22,24-25,30-35,37-44,72H,18-19,23,26-29H2,1-17H3,(H,55,64)(H,56,65)(H,57,63)/t33-,34?,35-,37+,38+,39+,40+,41+,42+,43-,44-/m1/s1. The van der Waals surface area contributed by atoms with Crippen LogP contribution in [-0.2, 0) is 54.3 Å². The van der Waals surface area contributed by atoms with Gasteiger partial charge in [0.25, 0.3) is 5.91 Å². The summed E-state index contributed by atoms with van der Waals surface area (Å²) in [7, 11) is 5.61. The summed E-state index contributed by atoms with van der Waals surface area (Å²) in [6, 6.07) is -0.828. The molecule has 1 aromatic rings. The quantitative estimate of drug-likeness (QED) is 0.235. The van der Waals surface area contributed by atoms with Gasteiger partial charge in [0.1, 0.15) is 42.3 Å². The van der Waals surface area contributed by atoms with Crippen LogP contribution in [-0.4, -0.2) is 178 Å². The molecule has 11 atom stereocenters. The molecule has 73 heavy (non-hydrogen) atoms. The average molecular weight is 1030 g/mol. The molecule has 4 N–H and O–H groups in total. The number of cyclic esters (lactones) is 1. The normalized spacial score (nSPS) is 27.8. The van der Waals surface area contributed by atoms with Crippen molar-refractivity contribution in [1.82, 2.24) is 40.4 Å². The lowest BCUT2D eigenvalue weighted by molar-refractivity contribution is -0.177. The molecule has 0 bridgehead atoms. The maximum Gasteiger partial charge on any atom is 0.332 e. The van der Waals surface area contributed by atoms with E-state index < -0.39 is 137 Å². The van der Waals surface area contributed by atoms with Crippen LogP contribution < -0.4 is 16.0 Å². The van der Waals surface area contributed by atoms with Crippen molar-refractivity contribution in [3.05, 3.63) is 35.9 Å². The van der Waals surface area contributed by atoms with E-state index in [4.69, 9.17) is 4.74 Å². The number of amides is 8. The van der Waals surface area contributed by atoms with Crippen molar-refractivity contribution in [3.63, 3.8) is 0 Å². The summed E-state index contributed by atoms with van der Waals surface area (Å²) in [6.07, 6.45) is 0.163. The van der Waals surface area contributed by atoms with Gasteiger partial charge in [0, 0.05) is 47.1 Å². The van der Waals surface area contributed by atoms with Gasteiger partial charge in [0.05, 0.1) is 5.60 Å². The number of nitrogens with one attached hydrogen (secondary N) is 3. The molecule has 1 unspecified atom stereocenters. The molecule has 2 aliphatic rings. The minimum atomic E-state index is -1.96. The van der Waals surface area contributed by atoms with Crippen LogP contribution in [0, 0.1) is 29.6 Å². The lowest BCUT2D eigenvalue weighted by Gasteiger charge is -2.39. The molecular formula is C54H88N8O11. The van der Waals surface area contributed by atoms with Crippen molar-refractivity contribution >= 4 is 53.2 Å². The molecule has 0 aromatic heterocycles. The number of rotatable bonds is 11. The second-order valence-electron chi connectivity index (χ2n) is 22.2. The Bertz CT molecular complexity index is 2110. The van der Waals surface area contributed by atoms with E-state index in [-0.39, 0.29) is 31.7 Å². The first-order valence-electron chi connectivity index (χ1n) is 26.2. The van der Waals surface area contributed by atoms with E-state index in [0.29, 0.717) is 24.8 Å². The fourth-order valence-corrected chi connectivity index (χ4v) is 9.99. The van der Waals surface area contributed by atoms with Crippen molar-refractivity contribution in [2.75, 3.05) is 34.7 Å². The number of hydrogen-bond acceptors (Lipinski definition) is 11. The Labute approximate surface area is 434 Å². The molecule has 2 saturated heterocycles. The first-order chi connectivity index (χ1) is 33.9. The van der Waals surface area contributed by atoms with Crippen LogP contribution in [0.1, 0.15) is 128 Å². The third-order valence-electron chi connectivity index (χ3n) is 14.7. The van der Waals surface area contributed by atoms with E-state index in [0.717, 1.165) is 4.90 Å². The fourth-order valence-electron chi connectivity index (χ4n) is 9.99. The Morgan fingerprint density at radius 1 is 0.644 bits per heavy atom. The summed E-state index contributed by atoms with van der Waals surface area (Å²) in [6.45, 7) is 22.2. The predicted octanol–water partition coefficient (Wildman–Crippen LogP) is 3.15. The summed E-state index contributed by atoms with van der Waals surface area (Å²) < 4.78 is 6.04. The van der Waals surface area contributed by atoms with Gasteiger partial charge in [-0.1, -0.05) is 106 Å². The van der Waals surface area contributed by atoms with Crippen LogP contribution >= 0.6 is 0 Å². The second kappa shape index (κ2) is 26.6. The highest BCUT2D eigenvalue weighted by Gasteiger charge is 2.47. The smallest absolute Gasteiger partial charge is 0.332 e. The summed E-state index contributed by atoms with van der Waals surface area (Å²) in [4.78, 5) is 137. The lowest BCUT2D eigenvalue weighted by Crippen LogP contribution is -2.63. The van der Waals surface area contributed by atoms with E-state index in [1.165, 1.54) is 61.6 Å². The second-order valence-corrected chi connectivity index (χ2v) is 22.2. The van der Waals surface area contributed by atoms with Crippen LogP contribution in [0.25, 0.3) is 0 Å². The number of hydrogen-bond donors (Lipinski definition) is 4. The number of nitrogens with zero attached hydrogens (tertiary/aromatic N) is 5. The molecule has 1 aromatic carbocycles. The molecule has 0 radical (unpaired) electrons. The minimum absolute atomic E-state index is 0.0157. The lowest BCUT2D eigenvalue weighted by atomic mass is 9.93. The maximum absolute atomic E-state index is 14.7. The van der Waals surface area contributed by atoms with Crippen molar-refractivity contribution in [3.8, 4) is 0 Å². The van der Waals surface area contributed by atoms with Crippen LogP contribution in [0.3, 0.4) is 0 Å². The molecule has 2 aliphatic heterocycles. The molecule has 0 saturated carbocycles. The van der Waals surface area contributed by atoms with Gasteiger partial charge in [-0.2, -0.15) is 0 Å². The van der Waals surface area contributed by atoms with Crippen LogP contribution in [0.2, 0.25) is 0 Å². The highest BCUT2D eigenvalue weighted by Crippen LogP contribution is 2.26. The molecule has 0 aliphatic carbocycles. The largest absolute Gasteiger partial charge is 0.450 e. The molecule has 3 rings (SSSR count). The highest BCUT2D eigenvalue weighted by atomic mass is 16.6. The SMILES string of the molecule is CCC(C)[C@H]1OC(=O)[C@H](C(C)(C)O)N(C)C(=O)[C@H](CC(C)C)NC(=O)[C@H](C(C)C)N(C)C(=O)[C@H]([C@H](C)CC)NC(=O)[C@@H]2CCCN2C(=O)[C@@H](C)N(C)C(=O)[C@H](Cc2ccccc2)NC(=O)[C@H](C(C)C)N(C)C1=O. The van der Waals surface area contributed by atoms with E-state index in [9.17, 15) is 48.3 Å². The number of aliphatic hydroxyl groups is 1. The van der Waals surface area contributed by atoms with Crippen molar-refractivity contribution in [1.29, 1.82) is 0 Å². The monoisotopic (exact) mass is 1020 g/mol. The topological polar surface area (TPSA) is 235 Å². The average Bonchev–Trinajstić information content (AvgIpc) is 3.82. The summed E-state index contributed by atoms with van der Waals surface area (Å²) in [5, 5.41) is 20.3. The van der Waals surface area contributed by atoms with Gasteiger partial charge in [-0.3, -0.25) is 38.4 Å². The predicted molar refractivity (Wildman–Crippen MR) is 277 cm³/mol. The molecule has 19 nitrogen and oxygen atoms in total.